The summed E-state index contributed by atoms with van der Waals surface area (Å²) in [4.78, 5) is 37.7. The summed E-state index contributed by atoms with van der Waals surface area (Å²) in [5.41, 5.74) is 2.07. The Labute approximate surface area is 182 Å². The Kier molecular flexibility index (Phi) is 7.03. The van der Waals surface area contributed by atoms with Crippen LogP contribution >= 0.6 is 22.9 Å². The fourth-order valence-corrected chi connectivity index (χ4v) is 3.92. The first kappa shape index (κ1) is 21.7. The Hall–Kier alpha value is -2.96. The Morgan fingerprint density at radius 1 is 1.10 bits per heavy atom. The van der Waals surface area contributed by atoms with Crippen molar-refractivity contribution in [2.24, 2.45) is 0 Å². The summed E-state index contributed by atoms with van der Waals surface area (Å²) >= 11 is 7.02. The monoisotopic (exact) mass is 441 g/mol. The van der Waals surface area contributed by atoms with Gasteiger partial charge in [-0.05, 0) is 49.8 Å². The van der Waals surface area contributed by atoms with E-state index in [1.54, 1.807) is 37.3 Å². The van der Waals surface area contributed by atoms with Crippen LogP contribution in [-0.2, 0) is 16.1 Å². The third-order valence-corrected chi connectivity index (χ3v) is 5.62. The van der Waals surface area contributed by atoms with E-state index in [0.717, 1.165) is 22.5 Å². The third kappa shape index (κ3) is 5.34. The largest absolute Gasteiger partial charge is 0.463 e. The number of Topliss-reactive ketones (excluding diaryl/α,β-unsaturated/α-hetero) is 1. The molecule has 2 aromatic carbocycles. The summed E-state index contributed by atoms with van der Waals surface area (Å²) in [6.45, 7) is 3.71. The Balaban J connectivity index is 2.07. The van der Waals surface area contributed by atoms with Crippen LogP contribution in [-0.4, -0.2) is 22.9 Å². The Morgan fingerprint density at radius 2 is 1.77 bits per heavy atom. The van der Waals surface area contributed by atoms with E-state index in [1.165, 1.54) is 10.6 Å². The minimum atomic E-state index is -0.562. The molecule has 0 bridgehead atoms. The van der Waals surface area contributed by atoms with E-state index in [4.69, 9.17) is 16.3 Å². The van der Waals surface area contributed by atoms with Gasteiger partial charge in [-0.2, -0.15) is 0 Å². The van der Waals surface area contributed by atoms with Gasteiger partial charge in [-0.15, -0.1) is 11.3 Å². The van der Waals surface area contributed by atoms with Crippen LogP contribution in [0.1, 0.15) is 28.4 Å². The molecule has 7 heteroatoms. The van der Waals surface area contributed by atoms with Gasteiger partial charge in [-0.3, -0.25) is 14.2 Å². The predicted octanol–water partition coefficient (Wildman–Crippen LogP) is 2.93. The average molecular weight is 442 g/mol. The molecule has 5 nitrogen and oxygen atoms in total. The smallest absolute Gasteiger partial charge is 0.333 e. The second-order valence-corrected chi connectivity index (χ2v) is 8.08. The van der Waals surface area contributed by atoms with Crippen molar-refractivity contribution in [3.05, 3.63) is 89.8 Å². The van der Waals surface area contributed by atoms with Crippen LogP contribution in [0.2, 0.25) is 5.02 Å². The summed E-state index contributed by atoms with van der Waals surface area (Å²) < 4.78 is 7.06. The molecule has 0 N–H and O–H groups in total. The minimum absolute atomic E-state index is 0.191. The number of carbonyl (C=O) groups excluding carboxylic acids is 2. The molecule has 154 valence electrons. The molecular weight excluding hydrogens is 422 g/mol. The van der Waals surface area contributed by atoms with Gasteiger partial charge in [0.15, 0.2) is 5.78 Å². The molecule has 0 amide bonds. The van der Waals surface area contributed by atoms with E-state index >= 15 is 0 Å². The zero-order valence-corrected chi connectivity index (χ0v) is 18.1. The molecule has 0 saturated heterocycles. The standard InChI is InChI=1S/C23H20ClNO4S/c1-3-29-22(27)13-21-25(14-19(26)17-8-10-18(24)11-9-17)23(28)20(30-21)12-16-6-4-15(2)5-7-16/h4-13H,3,14H2,1-2H3/b20-12+,21-13-. The van der Waals surface area contributed by atoms with Gasteiger partial charge < -0.3 is 4.74 Å². The molecule has 0 radical (unpaired) electrons. The van der Waals surface area contributed by atoms with Crippen LogP contribution in [0, 0.1) is 6.92 Å². The number of nitrogens with zero attached hydrogens (tertiary/aromatic N) is 1. The van der Waals surface area contributed by atoms with E-state index in [1.807, 2.05) is 31.2 Å². The highest BCUT2D eigenvalue weighted by atomic mass is 35.5. The van der Waals surface area contributed by atoms with Gasteiger partial charge in [0.1, 0.15) is 4.66 Å². The number of benzene rings is 2. The first-order valence-corrected chi connectivity index (χ1v) is 10.5. The molecule has 0 aliphatic heterocycles. The molecule has 0 fully saturated rings. The van der Waals surface area contributed by atoms with E-state index in [0.29, 0.717) is 19.8 Å². The maximum Gasteiger partial charge on any atom is 0.333 e. The minimum Gasteiger partial charge on any atom is -0.463 e. The highest BCUT2D eigenvalue weighted by Gasteiger charge is 2.13. The van der Waals surface area contributed by atoms with Gasteiger partial charge in [-0.1, -0.05) is 41.4 Å². The van der Waals surface area contributed by atoms with Crippen molar-refractivity contribution in [3.8, 4) is 0 Å². The fourth-order valence-electron chi connectivity index (χ4n) is 2.76. The van der Waals surface area contributed by atoms with Crippen molar-refractivity contribution < 1.29 is 14.3 Å². The maximum absolute atomic E-state index is 13.0. The number of esters is 1. The number of ether oxygens (including phenoxy) is 1. The number of carbonyl (C=O) groups is 2. The third-order valence-electron chi connectivity index (χ3n) is 4.31. The average Bonchev–Trinajstić information content (AvgIpc) is 2.99. The number of rotatable bonds is 6. The van der Waals surface area contributed by atoms with Crippen LogP contribution in [0.25, 0.3) is 12.2 Å². The number of aryl methyl sites for hydroxylation is 1. The lowest BCUT2D eigenvalue weighted by atomic mass is 10.1. The Bertz CT molecular complexity index is 1240. The number of hydrogen-bond donors (Lipinski definition) is 0. The molecule has 0 spiro atoms. The molecule has 3 rings (SSSR count). The van der Waals surface area contributed by atoms with Crippen molar-refractivity contribution in [3.63, 3.8) is 0 Å². The topological polar surface area (TPSA) is 65.4 Å². The second kappa shape index (κ2) is 9.69. The summed E-state index contributed by atoms with van der Waals surface area (Å²) in [7, 11) is 0. The fraction of sp³-hybridized carbons (Fsp3) is 0.174. The van der Waals surface area contributed by atoms with Gasteiger partial charge in [-0.25, -0.2) is 4.79 Å². The van der Waals surface area contributed by atoms with E-state index in [2.05, 4.69) is 0 Å². The van der Waals surface area contributed by atoms with Crippen LogP contribution in [0.5, 0.6) is 0 Å². The lowest BCUT2D eigenvalue weighted by molar-refractivity contribution is -0.135. The number of aromatic nitrogens is 1. The van der Waals surface area contributed by atoms with E-state index in [9.17, 15) is 14.4 Å². The van der Waals surface area contributed by atoms with Crippen molar-refractivity contribution in [2.45, 2.75) is 20.4 Å². The van der Waals surface area contributed by atoms with Gasteiger partial charge in [0.2, 0.25) is 0 Å². The molecule has 0 aliphatic rings. The summed E-state index contributed by atoms with van der Waals surface area (Å²) in [6, 6.07) is 14.2. The highest BCUT2D eigenvalue weighted by molar-refractivity contribution is 7.07. The number of halogens is 1. The molecule has 3 aromatic rings. The predicted molar refractivity (Wildman–Crippen MR) is 119 cm³/mol. The van der Waals surface area contributed by atoms with Crippen LogP contribution in [0.4, 0.5) is 0 Å². The lowest BCUT2D eigenvalue weighted by Crippen LogP contribution is -2.34. The van der Waals surface area contributed by atoms with Gasteiger partial charge in [0.05, 0.1) is 23.8 Å². The zero-order valence-electron chi connectivity index (χ0n) is 16.6. The van der Waals surface area contributed by atoms with Crippen molar-refractivity contribution in [1.82, 2.24) is 4.57 Å². The van der Waals surface area contributed by atoms with Crippen molar-refractivity contribution in [2.75, 3.05) is 6.61 Å². The quantitative estimate of drug-likeness (QED) is 0.436. The van der Waals surface area contributed by atoms with E-state index < -0.39 is 5.97 Å². The highest BCUT2D eigenvalue weighted by Crippen LogP contribution is 2.10. The van der Waals surface area contributed by atoms with E-state index in [-0.39, 0.29) is 24.5 Å². The summed E-state index contributed by atoms with van der Waals surface area (Å²) in [6.07, 6.45) is 3.00. The normalized spacial score (nSPS) is 12.2. The van der Waals surface area contributed by atoms with Crippen LogP contribution in [0.3, 0.4) is 0 Å². The molecule has 1 aromatic heterocycles. The number of ketones is 1. The molecule has 0 atom stereocenters. The van der Waals surface area contributed by atoms with Gasteiger partial charge in [0.25, 0.3) is 5.56 Å². The zero-order chi connectivity index (χ0) is 21.7. The van der Waals surface area contributed by atoms with Crippen LogP contribution in [0.15, 0.2) is 53.3 Å². The summed E-state index contributed by atoms with van der Waals surface area (Å²) in [5.74, 6) is -0.819. The maximum atomic E-state index is 13.0. The molecule has 0 aliphatic carbocycles. The lowest BCUT2D eigenvalue weighted by Gasteiger charge is -2.03. The number of hydrogen-bond acceptors (Lipinski definition) is 5. The first-order valence-electron chi connectivity index (χ1n) is 9.32. The molecule has 30 heavy (non-hydrogen) atoms. The van der Waals surface area contributed by atoms with Gasteiger partial charge in [0, 0.05) is 10.6 Å². The first-order chi connectivity index (χ1) is 14.4. The van der Waals surface area contributed by atoms with Crippen LogP contribution < -0.4 is 14.8 Å². The second-order valence-electron chi connectivity index (χ2n) is 6.58. The summed E-state index contributed by atoms with van der Waals surface area (Å²) in [5, 5.41) is 0.519. The van der Waals surface area contributed by atoms with Crippen molar-refractivity contribution >= 4 is 46.8 Å². The molecule has 0 unspecified atom stereocenters. The molecule has 0 saturated carbocycles. The Morgan fingerprint density at radius 3 is 2.40 bits per heavy atom. The van der Waals surface area contributed by atoms with Gasteiger partial charge >= 0.3 is 5.97 Å². The SMILES string of the molecule is CCOC(=O)/C=c1\s/c(=C/c2ccc(C)cc2)c(=O)n1CC(=O)c1ccc(Cl)cc1. The number of thiazole rings is 1. The molecular formula is C23H20ClNO4S. The van der Waals surface area contributed by atoms with Crippen molar-refractivity contribution in [1.29, 1.82) is 0 Å². The molecule has 1 heterocycles.